The van der Waals surface area contributed by atoms with E-state index in [9.17, 15) is 0 Å². The van der Waals surface area contributed by atoms with Gasteiger partial charge in [0.2, 0.25) is 0 Å². The van der Waals surface area contributed by atoms with E-state index < -0.39 is 0 Å². The van der Waals surface area contributed by atoms with Gasteiger partial charge in [0.05, 0.1) is 11.4 Å². The third kappa shape index (κ3) is 8.08. The van der Waals surface area contributed by atoms with Gasteiger partial charge in [-0.05, 0) is 210 Å². The predicted octanol–water partition coefficient (Wildman–Crippen LogP) is 20.0. The molecule has 0 bridgehead atoms. The summed E-state index contributed by atoms with van der Waals surface area (Å²) in [7, 11) is 0. The van der Waals surface area contributed by atoms with Gasteiger partial charge >= 0.3 is 0 Å². The number of para-hydroxylation sites is 1. The first-order valence-corrected chi connectivity index (χ1v) is 31.2. The second-order valence-corrected chi connectivity index (χ2v) is 31.3. The Morgan fingerprint density at radius 1 is 0.420 bits per heavy atom. The van der Waals surface area contributed by atoms with E-state index >= 15 is 0 Å². The van der Waals surface area contributed by atoms with Crippen LogP contribution in [0.15, 0.2) is 152 Å². The summed E-state index contributed by atoms with van der Waals surface area (Å²) in [6, 6.07) is 60.3. The van der Waals surface area contributed by atoms with Crippen LogP contribution in [0.4, 0.5) is 51.2 Å². The summed E-state index contributed by atoms with van der Waals surface area (Å²) < 4.78 is 2.79. The van der Waals surface area contributed by atoms with Gasteiger partial charge in [-0.1, -0.05) is 183 Å². The minimum absolute atomic E-state index is 0.00199. The molecular weight excluding hydrogens is 998 g/mol. The van der Waals surface area contributed by atoms with Gasteiger partial charge < -0.3 is 14.7 Å². The van der Waals surface area contributed by atoms with Crippen LogP contribution in [-0.2, 0) is 37.9 Å². The van der Waals surface area contributed by atoms with Crippen LogP contribution in [0.5, 0.6) is 0 Å². The molecule has 81 heavy (non-hydrogen) atoms. The fraction of sp³-hybridized carbons (Fsp3) is 0.368. The van der Waals surface area contributed by atoms with E-state index in [0.29, 0.717) is 0 Å². The molecule has 3 heterocycles. The molecule has 0 fully saturated rings. The van der Waals surface area contributed by atoms with E-state index in [-0.39, 0.29) is 44.6 Å². The zero-order valence-electron chi connectivity index (χ0n) is 51.0. The van der Waals surface area contributed by atoms with Crippen molar-refractivity contribution in [2.24, 2.45) is 0 Å². The molecule has 14 rings (SSSR count). The largest absolute Gasteiger partial charge is 0.311 e. The van der Waals surface area contributed by atoms with E-state index in [4.69, 9.17) is 0 Å². The Hall–Kier alpha value is -6.56. The Morgan fingerprint density at radius 2 is 0.926 bits per heavy atom. The Bertz CT molecular complexity index is 4080. The lowest BCUT2D eigenvalue weighted by molar-refractivity contribution is 0.332. The van der Waals surface area contributed by atoms with Crippen molar-refractivity contribution >= 4 is 106 Å². The number of fused-ring (bicyclic) bond motifs is 10. The van der Waals surface area contributed by atoms with Crippen LogP contribution in [0, 0.1) is 0 Å². The lowest BCUT2D eigenvalue weighted by Gasteiger charge is -2.48. The number of hydrogen-bond donors (Lipinski definition) is 0. The Labute approximate surface area is 488 Å². The highest BCUT2D eigenvalue weighted by molar-refractivity contribution is 7.33. The molecule has 0 radical (unpaired) electrons. The Balaban J connectivity index is 1.16. The number of hydrogen-bond acceptors (Lipinski definition) is 4. The van der Waals surface area contributed by atoms with Crippen molar-refractivity contribution in [2.45, 2.75) is 180 Å². The normalized spacial score (nSPS) is 19.3. The fourth-order valence-electron chi connectivity index (χ4n) is 15.4. The van der Waals surface area contributed by atoms with Crippen molar-refractivity contribution in [3.63, 3.8) is 0 Å². The molecule has 9 aromatic rings. The summed E-state index contributed by atoms with van der Waals surface area (Å²) in [5, 5.41) is 3.80. The van der Waals surface area contributed by atoms with Crippen molar-refractivity contribution in [2.75, 3.05) is 14.7 Å². The molecule has 3 aliphatic carbocycles. The molecule has 0 unspecified atom stereocenters. The summed E-state index contributed by atoms with van der Waals surface area (Å²) in [6.45, 7) is 36.9. The van der Waals surface area contributed by atoms with Gasteiger partial charge in [0.1, 0.15) is 0 Å². The second-order valence-electron chi connectivity index (χ2n) is 30.2. The van der Waals surface area contributed by atoms with Crippen molar-refractivity contribution in [3.8, 4) is 0 Å². The van der Waals surface area contributed by atoms with Crippen LogP contribution in [0.25, 0.3) is 20.9 Å². The van der Waals surface area contributed by atoms with Crippen molar-refractivity contribution in [3.05, 3.63) is 191 Å². The van der Waals surface area contributed by atoms with Crippen molar-refractivity contribution < 1.29 is 0 Å². The van der Waals surface area contributed by atoms with Gasteiger partial charge in [0.15, 0.2) is 0 Å². The minimum atomic E-state index is -0.0185. The lowest BCUT2D eigenvalue weighted by Crippen LogP contribution is -2.61. The van der Waals surface area contributed by atoms with E-state index in [0.717, 1.165) is 42.7 Å². The average molecular weight is 1080 g/mol. The molecule has 0 spiro atoms. The Morgan fingerprint density at radius 3 is 1.51 bits per heavy atom. The topological polar surface area (TPSA) is 9.72 Å². The maximum atomic E-state index is 2.75. The first-order chi connectivity index (χ1) is 38.2. The van der Waals surface area contributed by atoms with E-state index in [2.05, 4.69) is 270 Å². The molecule has 0 N–H and O–H groups in total. The average Bonchev–Trinajstić information content (AvgIpc) is 2.83. The van der Waals surface area contributed by atoms with Gasteiger partial charge in [0.25, 0.3) is 6.71 Å². The summed E-state index contributed by atoms with van der Waals surface area (Å²) in [4.78, 5) is 8.04. The van der Waals surface area contributed by atoms with Gasteiger partial charge in [0, 0.05) is 54.7 Å². The smallest absolute Gasteiger partial charge is 0.264 e. The van der Waals surface area contributed by atoms with E-state index in [1.165, 1.54) is 122 Å². The highest BCUT2D eigenvalue weighted by Gasteiger charge is 2.49. The maximum Gasteiger partial charge on any atom is 0.264 e. The predicted molar refractivity (Wildman–Crippen MR) is 353 cm³/mol. The van der Waals surface area contributed by atoms with Crippen LogP contribution >= 0.6 is 11.3 Å². The molecule has 3 nitrogen and oxygen atoms in total. The van der Waals surface area contributed by atoms with E-state index in [1.807, 2.05) is 11.3 Å². The van der Waals surface area contributed by atoms with Crippen molar-refractivity contribution in [1.29, 1.82) is 0 Å². The molecule has 1 aromatic heterocycles. The molecule has 0 saturated carbocycles. The van der Waals surface area contributed by atoms with Crippen LogP contribution in [-0.4, -0.2) is 6.71 Å². The quantitative estimate of drug-likeness (QED) is 0.159. The minimum Gasteiger partial charge on any atom is -0.311 e. The number of rotatable bonds is 5. The number of thiophene rings is 1. The van der Waals surface area contributed by atoms with Crippen molar-refractivity contribution in [1.82, 2.24) is 0 Å². The summed E-state index contributed by atoms with van der Waals surface area (Å²) in [6.07, 6.45) is 6.98. The molecule has 5 heteroatoms. The second kappa shape index (κ2) is 17.5. The number of anilines is 9. The lowest BCUT2D eigenvalue weighted by atomic mass is 9.35. The molecule has 5 aliphatic rings. The van der Waals surface area contributed by atoms with Gasteiger partial charge in [-0.2, -0.15) is 0 Å². The number of benzene rings is 8. The molecule has 2 aliphatic heterocycles. The Kier molecular flexibility index (Phi) is 11.3. The third-order valence-electron chi connectivity index (χ3n) is 20.9. The van der Waals surface area contributed by atoms with Gasteiger partial charge in [-0.3, -0.25) is 0 Å². The highest BCUT2D eigenvalue weighted by Crippen LogP contribution is 2.56. The van der Waals surface area contributed by atoms with Crippen LogP contribution < -0.4 is 30.4 Å². The summed E-state index contributed by atoms with van der Waals surface area (Å²) >= 11 is 2.05. The van der Waals surface area contributed by atoms with Crippen LogP contribution in [0.3, 0.4) is 0 Å². The zero-order chi connectivity index (χ0) is 56.7. The first kappa shape index (κ1) is 52.5. The molecule has 410 valence electrons. The molecule has 0 amide bonds. The molecule has 0 saturated heterocycles. The zero-order valence-corrected chi connectivity index (χ0v) is 51.8. The highest BCUT2D eigenvalue weighted by atomic mass is 32.1. The molecule has 0 atom stereocenters. The molecule has 8 aromatic carbocycles. The van der Waals surface area contributed by atoms with Gasteiger partial charge in [-0.25, -0.2) is 0 Å². The summed E-state index contributed by atoms with van der Waals surface area (Å²) in [5.74, 6) is 0. The third-order valence-corrected chi connectivity index (χ3v) is 22.1. The first-order valence-electron chi connectivity index (χ1n) is 30.4. The standard InChI is InChI=1S/C76H82BN3S/c1-70(2,3)49-26-30-55-66(40-49)81-69-68(55)80(53-29-32-57-59(42-53)74(10,11)36-34-72(57,6)7)65-44-54(78(50-23-17-16-18-24-50)51-27-25-47-21-19-20-22-48(47)39-51)43-64-67(65)77(69)62-45-60-61(76(14,15)38-37-75(60,12)13)46-63(62)79(64)52-28-31-56-58(41-52)73(8,9)35-33-71(56,4)5/h16-32,39-46H,33-38H2,1-15H3. The summed E-state index contributed by atoms with van der Waals surface area (Å²) in [5.41, 5.74) is 24.4. The fourth-order valence-corrected chi connectivity index (χ4v) is 16.8. The maximum absolute atomic E-state index is 2.75. The van der Waals surface area contributed by atoms with Crippen LogP contribution in [0.1, 0.15) is 181 Å². The van der Waals surface area contributed by atoms with Crippen LogP contribution in [0.2, 0.25) is 0 Å². The SMILES string of the molecule is CC(C)(C)c1ccc2c3c(sc2c1)B1c2cc4c(cc2N(c2ccc5c(c2)C(C)(C)CCC5(C)C)c2cc(N(c5ccccc5)c5ccc6ccccc6c5)cc(c21)N3c1ccc2c(c1)C(C)(C)CCC2(C)C)C(C)(C)CCC4(C)C. The monoisotopic (exact) mass is 1080 g/mol. The molecular formula is C76H82BN3S. The van der Waals surface area contributed by atoms with E-state index in [1.54, 1.807) is 0 Å². The number of nitrogens with zero attached hydrogens (tertiary/aromatic N) is 3. The van der Waals surface area contributed by atoms with Gasteiger partial charge in [-0.15, -0.1) is 11.3 Å².